The van der Waals surface area contributed by atoms with Crippen LogP contribution in [0.4, 0.5) is 0 Å². The molecule has 4 atom stereocenters. The number of fused-ring (bicyclic) bond motifs is 2. The van der Waals surface area contributed by atoms with Gasteiger partial charge in [-0.05, 0) is 50.9 Å². The van der Waals surface area contributed by atoms with Crippen LogP contribution in [0.1, 0.15) is 39.5 Å². The lowest BCUT2D eigenvalue weighted by Gasteiger charge is -2.47. The van der Waals surface area contributed by atoms with Gasteiger partial charge in [-0.15, -0.1) is 0 Å². The summed E-state index contributed by atoms with van der Waals surface area (Å²) in [5.74, 6) is 2.25. The standard InChI is InChI=1S/C15H27NO2/c1-15(2,16-5-7-18-8-6-16)14(17)13-10-11-3-4-12(13)9-11/h11-14,17H,3-10H2,1-2H3. The Labute approximate surface area is 110 Å². The summed E-state index contributed by atoms with van der Waals surface area (Å²) in [6.45, 7) is 7.99. The molecule has 1 aliphatic heterocycles. The first-order valence-corrected chi connectivity index (χ1v) is 7.60. The Bertz CT molecular complexity index is 299. The van der Waals surface area contributed by atoms with Gasteiger partial charge in [0, 0.05) is 18.6 Å². The molecule has 0 aromatic rings. The summed E-state index contributed by atoms with van der Waals surface area (Å²) in [4.78, 5) is 2.42. The molecule has 0 aromatic carbocycles. The van der Waals surface area contributed by atoms with E-state index in [0.717, 1.165) is 38.1 Å². The van der Waals surface area contributed by atoms with Gasteiger partial charge in [-0.1, -0.05) is 6.42 Å². The number of ether oxygens (including phenoxy) is 1. The molecule has 0 radical (unpaired) electrons. The van der Waals surface area contributed by atoms with Crippen molar-refractivity contribution in [3.05, 3.63) is 0 Å². The summed E-state index contributed by atoms with van der Waals surface area (Å²) in [5.41, 5.74) is -0.0983. The van der Waals surface area contributed by atoms with Crippen molar-refractivity contribution in [2.24, 2.45) is 17.8 Å². The van der Waals surface area contributed by atoms with Crippen LogP contribution in [0.25, 0.3) is 0 Å². The third kappa shape index (κ3) is 2.10. The van der Waals surface area contributed by atoms with Gasteiger partial charge in [0.15, 0.2) is 0 Å². The summed E-state index contributed by atoms with van der Waals surface area (Å²) in [5, 5.41) is 10.9. The maximum absolute atomic E-state index is 10.9. The second-order valence-corrected chi connectivity index (χ2v) is 7.04. The predicted octanol–water partition coefficient (Wildman–Crippen LogP) is 1.89. The summed E-state index contributed by atoms with van der Waals surface area (Å²) in [6.07, 6.45) is 5.23. The Kier molecular flexibility index (Phi) is 3.41. The average molecular weight is 253 g/mol. The van der Waals surface area contributed by atoms with Crippen molar-refractivity contribution in [2.75, 3.05) is 26.3 Å². The molecule has 18 heavy (non-hydrogen) atoms. The molecule has 0 amide bonds. The molecular formula is C15H27NO2. The van der Waals surface area contributed by atoms with Crippen LogP contribution >= 0.6 is 0 Å². The van der Waals surface area contributed by atoms with Crippen LogP contribution < -0.4 is 0 Å². The van der Waals surface area contributed by atoms with Gasteiger partial charge in [0.05, 0.1) is 19.3 Å². The van der Waals surface area contributed by atoms with E-state index < -0.39 is 0 Å². The fourth-order valence-electron chi connectivity index (χ4n) is 4.53. The molecule has 0 aromatic heterocycles. The van der Waals surface area contributed by atoms with E-state index in [1.165, 1.54) is 25.7 Å². The van der Waals surface area contributed by atoms with Gasteiger partial charge in [0.1, 0.15) is 0 Å². The van der Waals surface area contributed by atoms with Crippen molar-refractivity contribution in [3.8, 4) is 0 Å². The largest absolute Gasteiger partial charge is 0.391 e. The van der Waals surface area contributed by atoms with E-state index >= 15 is 0 Å². The molecule has 1 heterocycles. The van der Waals surface area contributed by atoms with E-state index in [4.69, 9.17) is 4.74 Å². The lowest BCUT2D eigenvalue weighted by Crippen LogP contribution is -2.58. The van der Waals surface area contributed by atoms with Crippen LogP contribution in [0.3, 0.4) is 0 Å². The van der Waals surface area contributed by atoms with E-state index in [0.29, 0.717) is 5.92 Å². The molecule has 3 aliphatic rings. The maximum atomic E-state index is 10.9. The number of morpholine rings is 1. The highest BCUT2D eigenvalue weighted by atomic mass is 16.5. The highest BCUT2D eigenvalue weighted by molar-refractivity contribution is 5.00. The number of aliphatic hydroxyl groups excluding tert-OH is 1. The summed E-state index contributed by atoms with van der Waals surface area (Å²) >= 11 is 0. The van der Waals surface area contributed by atoms with Crippen molar-refractivity contribution in [1.29, 1.82) is 0 Å². The van der Waals surface area contributed by atoms with E-state index in [1.54, 1.807) is 0 Å². The molecule has 2 aliphatic carbocycles. The number of aliphatic hydroxyl groups is 1. The fourth-order valence-corrected chi connectivity index (χ4v) is 4.53. The first kappa shape index (κ1) is 12.9. The first-order chi connectivity index (χ1) is 8.59. The second-order valence-electron chi connectivity index (χ2n) is 7.04. The zero-order valence-electron chi connectivity index (χ0n) is 11.8. The molecule has 3 nitrogen and oxygen atoms in total. The summed E-state index contributed by atoms with van der Waals surface area (Å²) in [7, 11) is 0. The molecule has 3 fully saturated rings. The average Bonchev–Trinajstić information content (AvgIpc) is 3.01. The Morgan fingerprint density at radius 2 is 1.89 bits per heavy atom. The van der Waals surface area contributed by atoms with E-state index in [2.05, 4.69) is 18.7 Å². The van der Waals surface area contributed by atoms with Crippen LogP contribution in [0.15, 0.2) is 0 Å². The lowest BCUT2D eigenvalue weighted by atomic mass is 9.77. The molecule has 4 unspecified atom stereocenters. The van der Waals surface area contributed by atoms with E-state index in [1.807, 2.05) is 0 Å². The number of nitrogens with zero attached hydrogens (tertiary/aromatic N) is 1. The minimum absolute atomic E-state index is 0.0983. The first-order valence-electron chi connectivity index (χ1n) is 7.60. The number of rotatable bonds is 3. The maximum Gasteiger partial charge on any atom is 0.0749 e. The zero-order chi connectivity index (χ0) is 12.8. The fraction of sp³-hybridized carbons (Fsp3) is 1.00. The topological polar surface area (TPSA) is 32.7 Å². The monoisotopic (exact) mass is 253 g/mol. The third-order valence-electron chi connectivity index (χ3n) is 5.75. The predicted molar refractivity (Wildman–Crippen MR) is 71.4 cm³/mol. The van der Waals surface area contributed by atoms with Gasteiger partial charge < -0.3 is 9.84 Å². The van der Waals surface area contributed by atoms with Crippen molar-refractivity contribution < 1.29 is 9.84 Å². The van der Waals surface area contributed by atoms with Crippen molar-refractivity contribution in [1.82, 2.24) is 4.90 Å². The van der Waals surface area contributed by atoms with Crippen LogP contribution in [0.5, 0.6) is 0 Å². The van der Waals surface area contributed by atoms with Crippen LogP contribution in [-0.2, 0) is 4.74 Å². The minimum Gasteiger partial charge on any atom is -0.391 e. The Hall–Kier alpha value is -0.120. The Morgan fingerprint density at radius 1 is 1.17 bits per heavy atom. The van der Waals surface area contributed by atoms with Gasteiger partial charge in [-0.3, -0.25) is 4.90 Å². The number of hydrogen-bond donors (Lipinski definition) is 1. The van der Waals surface area contributed by atoms with Gasteiger partial charge >= 0.3 is 0 Å². The molecule has 3 heteroatoms. The molecule has 1 N–H and O–H groups in total. The summed E-state index contributed by atoms with van der Waals surface area (Å²) in [6, 6.07) is 0. The highest BCUT2D eigenvalue weighted by Gasteiger charge is 2.48. The van der Waals surface area contributed by atoms with E-state index in [-0.39, 0.29) is 11.6 Å². The molecule has 2 bridgehead atoms. The van der Waals surface area contributed by atoms with Crippen molar-refractivity contribution in [2.45, 2.75) is 51.2 Å². The normalized spacial score (nSPS) is 39.2. The van der Waals surface area contributed by atoms with Gasteiger partial charge in [-0.25, -0.2) is 0 Å². The Balaban J connectivity index is 1.68. The molecule has 1 saturated heterocycles. The SMILES string of the molecule is CC(C)(C(O)C1CC2CCC1C2)N1CCOCC1. The van der Waals surface area contributed by atoms with Gasteiger partial charge in [0.25, 0.3) is 0 Å². The summed E-state index contributed by atoms with van der Waals surface area (Å²) < 4.78 is 5.43. The van der Waals surface area contributed by atoms with E-state index in [9.17, 15) is 5.11 Å². The molecule has 0 spiro atoms. The minimum atomic E-state index is -0.175. The number of hydrogen-bond acceptors (Lipinski definition) is 3. The molecule has 104 valence electrons. The zero-order valence-corrected chi connectivity index (χ0v) is 11.8. The van der Waals surface area contributed by atoms with Gasteiger partial charge in [-0.2, -0.15) is 0 Å². The van der Waals surface area contributed by atoms with Crippen LogP contribution in [0.2, 0.25) is 0 Å². The molecule has 3 rings (SSSR count). The lowest BCUT2D eigenvalue weighted by molar-refractivity contribution is -0.0880. The van der Waals surface area contributed by atoms with Crippen molar-refractivity contribution >= 4 is 0 Å². The van der Waals surface area contributed by atoms with Crippen LogP contribution in [0, 0.1) is 17.8 Å². The third-order valence-corrected chi connectivity index (χ3v) is 5.75. The highest BCUT2D eigenvalue weighted by Crippen LogP contribution is 2.51. The Morgan fingerprint density at radius 3 is 2.44 bits per heavy atom. The van der Waals surface area contributed by atoms with Gasteiger partial charge in [0.2, 0.25) is 0 Å². The quantitative estimate of drug-likeness (QED) is 0.834. The smallest absolute Gasteiger partial charge is 0.0749 e. The second kappa shape index (κ2) is 4.77. The molecule has 2 saturated carbocycles. The molecular weight excluding hydrogens is 226 g/mol. The van der Waals surface area contributed by atoms with Crippen molar-refractivity contribution in [3.63, 3.8) is 0 Å². The van der Waals surface area contributed by atoms with Crippen LogP contribution in [-0.4, -0.2) is 48.0 Å².